The zero-order chi connectivity index (χ0) is 18.9. The minimum Gasteiger partial charge on any atom is -0.379 e. The zero-order valence-corrected chi connectivity index (χ0v) is 15.0. The van der Waals surface area contributed by atoms with Crippen LogP contribution in [0.3, 0.4) is 0 Å². The Hall–Kier alpha value is -2.84. The molecule has 1 fully saturated rings. The number of aromatic nitrogens is 2. The number of pyridine rings is 2. The standard InChI is InChI=1S/C19H23N5O3/c25-18(22-12-15-3-1-5-20-11-15)19(26)23-14-17(16-4-2-6-21-13-16)24-7-9-27-10-8-24/h1-6,11,13,17H,7-10,12,14H2,(H,22,25)(H,23,26)/t17-/m1/s1. The highest BCUT2D eigenvalue weighted by molar-refractivity contribution is 6.35. The van der Waals surface area contributed by atoms with E-state index in [1.54, 1.807) is 30.9 Å². The summed E-state index contributed by atoms with van der Waals surface area (Å²) in [5.41, 5.74) is 1.83. The first kappa shape index (κ1) is 18.9. The maximum Gasteiger partial charge on any atom is 0.309 e. The van der Waals surface area contributed by atoms with Crippen LogP contribution < -0.4 is 10.6 Å². The van der Waals surface area contributed by atoms with Crippen LogP contribution in [0.25, 0.3) is 0 Å². The normalized spacial score (nSPS) is 15.7. The summed E-state index contributed by atoms with van der Waals surface area (Å²) in [6.07, 6.45) is 6.80. The minimum atomic E-state index is -0.661. The van der Waals surface area contributed by atoms with Crippen molar-refractivity contribution in [1.29, 1.82) is 0 Å². The number of ether oxygens (including phenoxy) is 1. The smallest absolute Gasteiger partial charge is 0.309 e. The first-order chi connectivity index (χ1) is 13.2. The summed E-state index contributed by atoms with van der Waals surface area (Å²) in [5.74, 6) is -1.31. The van der Waals surface area contributed by atoms with Crippen LogP contribution in [0, 0.1) is 0 Å². The number of hydrogen-bond donors (Lipinski definition) is 2. The van der Waals surface area contributed by atoms with Crippen LogP contribution in [0.2, 0.25) is 0 Å². The second kappa shape index (κ2) is 9.75. The van der Waals surface area contributed by atoms with Crippen molar-refractivity contribution >= 4 is 11.8 Å². The molecule has 0 aliphatic carbocycles. The van der Waals surface area contributed by atoms with Gasteiger partial charge in [-0.05, 0) is 23.3 Å². The molecular weight excluding hydrogens is 346 g/mol. The molecule has 0 unspecified atom stereocenters. The molecule has 2 N–H and O–H groups in total. The van der Waals surface area contributed by atoms with Crippen LogP contribution in [0.5, 0.6) is 0 Å². The van der Waals surface area contributed by atoms with E-state index in [1.807, 2.05) is 18.2 Å². The van der Waals surface area contributed by atoms with Gasteiger partial charge < -0.3 is 15.4 Å². The van der Waals surface area contributed by atoms with Crippen molar-refractivity contribution in [2.45, 2.75) is 12.6 Å². The quantitative estimate of drug-likeness (QED) is 0.710. The molecule has 3 heterocycles. The van der Waals surface area contributed by atoms with E-state index < -0.39 is 11.8 Å². The van der Waals surface area contributed by atoms with Gasteiger partial charge in [0.25, 0.3) is 0 Å². The summed E-state index contributed by atoms with van der Waals surface area (Å²) < 4.78 is 5.41. The van der Waals surface area contributed by atoms with E-state index in [2.05, 4.69) is 25.5 Å². The molecule has 0 bridgehead atoms. The molecule has 1 aliphatic rings. The maximum atomic E-state index is 12.2. The van der Waals surface area contributed by atoms with E-state index in [1.165, 1.54) is 0 Å². The lowest BCUT2D eigenvalue weighted by atomic mass is 10.1. The molecule has 3 rings (SSSR count). The van der Waals surface area contributed by atoms with E-state index in [9.17, 15) is 9.59 Å². The van der Waals surface area contributed by atoms with Crippen molar-refractivity contribution in [1.82, 2.24) is 25.5 Å². The second-order valence-corrected chi connectivity index (χ2v) is 6.20. The molecule has 27 heavy (non-hydrogen) atoms. The van der Waals surface area contributed by atoms with Crippen molar-refractivity contribution in [2.75, 3.05) is 32.8 Å². The van der Waals surface area contributed by atoms with Crippen molar-refractivity contribution in [3.05, 3.63) is 60.2 Å². The first-order valence-corrected chi connectivity index (χ1v) is 8.90. The van der Waals surface area contributed by atoms with Gasteiger partial charge >= 0.3 is 11.8 Å². The predicted octanol–water partition coefficient (Wildman–Crippen LogP) is 0.283. The Labute approximate surface area is 158 Å². The molecule has 2 amide bonds. The number of carbonyl (C=O) groups is 2. The molecule has 8 heteroatoms. The van der Waals surface area contributed by atoms with Gasteiger partial charge in [-0.25, -0.2) is 0 Å². The zero-order valence-electron chi connectivity index (χ0n) is 15.0. The van der Waals surface area contributed by atoms with Gasteiger partial charge in [-0.3, -0.25) is 24.5 Å². The van der Waals surface area contributed by atoms with E-state index in [0.29, 0.717) is 19.8 Å². The van der Waals surface area contributed by atoms with Gasteiger partial charge in [-0.1, -0.05) is 12.1 Å². The van der Waals surface area contributed by atoms with E-state index in [-0.39, 0.29) is 12.6 Å². The number of morpholine rings is 1. The van der Waals surface area contributed by atoms with Gasteiger partial charge in [0.2, 0.25) is 0 Å². The van der Waals surface area contributed by atoms with Gasteiger partial charge in [-0.2, -0.15) is 0 Å². The Bertz CT molecular complexity index is 736. The number of hydrogen-bond acceptors (Lipinski definition) is 6. The van der Waals surface area contributed by atoms with Gasteiger partial charge in [-0.15, -0.1) is 0 Å². The molecule has 0 aromatic carbocycles. The molecule has 1 saturated heterocycles. The fourth-order valence-electron chi connectivity index (χ4n) is 2.95. The minimum absolute atomic E-state index is 0.0577. The molecule has 8 nitrogen and oxygen atoms in total. The summed E-state index contributed by atoms with van der Waals surface area (Å²) in [5, 5.41) is 5.34. The maximum absolute atomic E-state index is 12.2. The molecule has 1 atom stereocenters. The van der Waals surface area contributed by atoms with E-state index in [0.717, 1.165) is 24.2 Å². The predicted molar refractivity (Wildman–Crippen MR) is 98.5 cm³/mol. The highest BCUT2D eigenvalue weighted by Crippen LogP contribution is 2.20. The fourth-order valence-corrected chi connectivity index (χ4v) is 2.95. The molecule has 0 spiro atoms. The number of nitrogens with zero attached hydrogens (tertiary/aromatic N) is 3. The van der Waals surface area contributed by atoms with Crippen LogP contribution in [0.15, 0.2) is 49.1 Å². The Morgan fingerprint density at radius 1 is 1.04 bits per heavy atom. The molecule has 1 aliphatic heterocycles. The summed E-state index contributed by atoms with van der Waals surface area (Å²) in [6.45, 7) is 3.41. The third-order valence-electron chi connectivity index (χ3n) is 4.39. The van der Waals surface area contributed by atoms with Crippen molar-refractivity contribution in [3.63, 3.8) is 0 Å². The van der Waals surface area contributed by atoms with Crippen LogP contribution in [-0.2, 0) is 20.9 Å². The van der Waals surface area contributed by atoms with Crippen LogP contribution in [0.4, 0.5) is 0 Å². The molecule has 2 aromatic heterocycles. The molecule has 0 radical (unpaired) electrons. The van der Waals surface area contributed by atoms with Crippen molar-refractivity contribution in [2.24, 2.45) is 0 Å². The number of carbonyl (C=O) groups excluding carboxylic acids is 2. The summed E-state index contributed by atoms with van der Waals surface area (Å²) in [6, 6.07) is 7.40. The summed E-state index contributed by atoms with van der Waals surface area (Å²) >= 11 is 0. The lowest BCUT2D eigenvalue weighted by Crippen LogP contribution is -2.46. The van der Waals surface area contributed by atoms with Gasteiger partial charge in [0.05, 0.1) is 19.3 Å². The molecule has 2 aromatic rings. The highest BCUT2D eigenvalue weighted by Gasteiger charge is 2.24. The SMILES string of the molecule is O=C(NCc1cccnc1)C(=O)NC[C@H](c1cccnc1)N1CCOCC1. The summed E-state index contributed by atoms with van der Waals surface area (Å²) in [7, 11) is 0. The number of nitrogens with one attached hydrogen (secondary N) is 2. The average Bonchev–Trinajstić information content (AvgIpc) is 2.74. The molecular formula is C19H23N5O3. The summed E-state index contributed by atoms with van der Waals surface area (Å²) in [4.78, 5) is 34.6. The van der Waals surface area contributed by atoms with Crippen molar-refractivity contribution in [3.8, 4) is 0 Å². The Morgan fingerprint density at radius 2 is 1.74 bits per heavy atom. The van der Waals surface area contributed by atoms with Crippen LogP contribution in [-0.4, -0.2) is 59.5 Å². The average molecular weight is 369 g/mol. The third-order valence-corrected chi connectivity index (χ3v) is 4.39. The third kappa shape index (κ3) is 5.57. The largest absolute Gasteiger partial charge is 0.379 e. The first-order valence-electron chi connectivity index (χ1n) is 8.90. The topological polar surface area (TPSA) is 96.5 Å². The van der Waals surface area contributed by atoms with Crippen LogP contribution in [0.1, 0.15) is 17.2 Å². The lowest BCUT2D eigenvalue weighted by Gasteiger charge is -2.34. The van der Waals surface area contributed by atoms with Gasteiger partial charge in [0, 0.05) is 51.0 Å². The Balaban J connectivity index is 1.55. The number of rotatable bonds is 6. The Kier molecular flexibility index (Phi) is 6.84. The van der Waals surface area contributed by atoms with E-state index in [4.69, 9.17) is 4.74 Å². The Morgan fingerprint density at radius 3 is 2.41 bits per heavy atom. The van der Waals surface area contributed by atoms with Gasteiger partial charge in [0.15, 0.2) is 0 Å². The monoisotopic (exact) mass is 369 g/mol. The van der Waals surface area contributed by atoms with Crippen molar-refractivity contribution < 1.29 is 14.3 Å². The van der Waals surface area contributed by atoms with E-state index >= 15 is 0 Å². The second-order valence-electron chi connectivity index (χ2n) is 6.20. The number of amides is 2. The van der Waals surface area contributed by atoms with Crippen LogP contribution >= 0.6 is 0 Å². The highest BCUT2D eigenvalue weighted by atomic mass is 16.5. The lowest BCUT2D eigenvalue weighted by molar-refractivity contribution is -0.139. The van der Waals surface area contributed by atoms with Gasteiger partial charge in [0.1, 0.15) is 0 Å². The molecule has 0 saturated carbocycles. The molecule has 142 valence electrons. The fraction of sp³-hybridized carbons (Fsp3) is 0.368.